The van der Waals surface area contributed by atoms with E-state index in [1.54, 1.807) is 0 Å². The Morgan fingerprint density at radius 3 is 2.61 bits per heavy atom. The summed E-state index contributed by atoms with van der Waals surface area (Å²) in [4.78, 5) is 12.2. The molecule has 2 rings (SSSR count). The molecule has 1 aliphatic rings. The van der Waals surface area contributed by atoms with Crippen LogP contribution in [0.4, 0.5) is 10.1 Å². The molecule has 128 valence electrons. The fourth-order valence-corrected chi connectivity index (χ4v) is 4.32. The van der Waals surface area contributed by atoms with Gasteiger partial charge < -0.3 is 5.32 Å². The first-order chi connectivity index (χ1) is 10.8. The third-order valence-electron chi connectivity index (χ3n) is 3.87. The van der Waals surface area contributed by atoms with Crippen molar-refractivity contribution >= 4 is 33.2 Å². The Balaban J connectivity index is 1.92. The number of carbonyl (C=O) groups excluding carboxylic acids is 1. The molecule has 0 saturated carbocycles. The van der Waals surface area contributed by atoms with Crippen LogP contribution in [0.15, 0.2) is 18.2 Å². The van der Waals surface area contributed by atoms with Crippen LogP contribution in [0.2, 0.25) is 5.02 Å². The van der Waals surface area contributed by atoms with Crippen molar-refractivity contribution in [3.63, 3.8) is 0 Å². The van der Waals surface area contributed by atoms with Crippen LogP contribution in [0.25, 0.3) is 0 Å². The second-order valence-corrected chi connectivity index (χ2v) is 8.10. The Morgan fingerprint density at radius 2 is 2.04 bits per heavy atom. The predicted molar refractivity (Wildman–Crippen MR) is 88.4 cm³/mol. The number of nitrogens with one attached hydrogen (secondary N) is 1. The number of halogens is 2. The first-order valence-electron chi connectivity index (χ1n) is 7.57. The van der Waals surface area contributed by atoms with Gasteiger partial charge in [0.05, 0.1) is 10.8 Å². The van der Waals surface area contributed by atoms with Crippen LogP contribution < -0.4 is 5.32 Å². The number of anilines is 1. The van der Waals surface area contributed by atoms with E-state index in [4.69, 9.17) is 11.6 Å². The number of hydrogen-bond acceptors (Lipinski definition) is 3. The molecule has 0 unspecified atom stereocenters. The van der Waals surface area contributed by atoms with E-state index < -0.39 is 15.8 Å². The standard InChI is InChI=1S/C15H20ClFN2O3S/c1-2-9-23(21,22)19-7-5-11(6-8-19)15(20)18-12-3-4-14(17)13(16)10-12/h3-4,10-11H,2,5-9H2,1H3,(H,18,20). The second-order valence-electron chi connectivity index (χ2n) is 5.61. The van der Waals surface area contributed by atoms with Crippen LogP contribution in [0.1, 0.15) is 26.2 Å². The highest BCUT2D eigenvalue weighted by molar-refractivity contribution is 7.89. The molecule has 1 amide bonds. The summed E-state index contributed by atoms with van der Waals surface area (Å²) >= 11 is 5.68. The van der Waals surface area contributed by atoms with E-state index in [1.165, 1.54) is 22.5 Å². The average Bonchev–Trinajstić information content (AvgIpc) is 2.51. The van der Waals surface area contributed by atoms with E-state index in [0.717, 1.165) is 0 Å². The number of benzene rings is 1. The monoisotopic (exact) mass is 362 g/mol. The van der Waals surface area contributed by atoms with Crippen molar-refractivity contribution in [3.05, 3.63) is 29.0 Å². The Kier molecular flexibility index (Phi) is 6.00. The molecule has 5 nitrogen and oxygen atoms in total. The third kappa shape index (κ3) is 4.65. The molecule has 0 spiro atoms. The molecule has 0 atom stereocenters. The van der Waals surface area contributed by atoms with Gasteiger partial charge in [-0.1, -0.05) is 18.5 Å². The van der Waals surface area contributed by atoms with Gasteiger partial charge in [-0.15, -0.1) is 0 Å². The molecule has 1 saturated heterocycles. The van der Waals surface area contributed by atoms with Gasteiger partial charge in [0.1, 0.15) is 5.82 Å². The molecule has 1 heterocycles. The fourth-order valence-electron chi connectivity index (χ4n) is 2.60. The van der Waals surface area contributed by atoms with Crippen molar-refractivity contribution in [1.29, 1.82) is 0 Å². The van der Waals surface area contributed by atoms with Gasteiger partial charge in [0.25, 0.3) is 0 Å². The number of nitrogens with zero attached hydrogens (tertiary/aromatic N) is 1. The van der Waals surface area contributed by atoms with Crippen LogP contribution in [0, 0.1) is 11.7 Å². The largest absolute Gasteiger partial charge is 0.326 e. The summed E-state index contributed by atoms with van der Waals surface area (Å²) in [6.45, 7) is 2.53. The number of hydrogen-bond donors (Lipinski definition) is 1. The summed E-state index contributed by atoms with van der Waals surface area (Å²) in [5, 5.41) is 2.65. The number of carbonyl (C=O) groups is 1. The number of amides is 1. The lowest BCUT2D eigenvalue weighted by molar-refractivity contribution is -0.120. The van der Waals surface area contributed by atoms with E-state index in [2.05, 4.69) is 5.32 Å². The lowest BCUT2D eigenvalue weighted by Gasteiger charge is -2.30. The molecule has 0 radical (unpaired) electrons. The Labute approximate surface area is 140 Å². The molecule has 1 aromatic rings. The SMILES string of the molecule is CCCS(=O)(=O)N1CCC(C(=O)Nc2ccc(F)c(Cl)c2)CC1. The minimum Gasteiger partial charge on any atom is -0.326 e. The van der Waals surface area contributed by atoms with Crippen molar-refractivity contribution in [2.45, 2.75) is 26.2 Å². The average molecular weight is 363 g/mol. The zero-order valence-electron chi connectivity index (χ0n) is 12.9. The van der Waals surface area contributed by atoms with Crippen LogP contribution in [0.5, 0.6) is 0 Å². The molecule has 0 aliphatic carbocycles. The quantitative estimate of drug-likeness (QED) is 0.875. The molecular weight excluding hydrogens is 343 g/mol. The van der Waals surface area contributed by atoms with Gasteiger partial charge in [-0.05, 0) is 37.5 Å². The van der Waals surface area contributed by atoms with Crippen molar-refractivity contribution < 1.29 is 17.6 Å². The maximum atomic E-state index is 13.1. The van der Waals surface area contributed by atoms with Gasteiger partial charge >= 0.3 is 0 Å². The molecule has 8 heteroatoms. The van der Waals surface area contributed by atoms with E-state index in [9.17, 15) is 17.6 Å². The zero-order chi connectivity index (χ0) is 17.0. The Hall–Kier alpha value is -1.18. The summed E-state index contributed by atoms with van der Waals surface area (Å²) in [7, 11) is -3.21. The number of sulfonamides is 1. The Morgan fingerprint density at radius 1 is 1.39 bits per heavy atom. The van der Waals surface area contributed by atoms with Crippen LogP contribution in [0.3, 0.4) is 0 Å². The van der Waals surface area contributed by atoms with Crippen LogP contribution in [-0.4, -0.2) is 37.5 Å². The summed E-state index contributed by atoms with van der Waals surface area (Å²) in [5.41, 5.74) is 0.433. The molecule has 1 fully saturated rings. The minimum atomic E-state index is -3.21. The Bertz CT molecular complexity index is 673. The highest BCUT2D eigenvalue weighted by atomic mass is 35.5. The van der Waals surface area contributed by atoms with E-state index in [-0.39, 0.29) is 22.6 Å². The highest BCUT2D eigenvalue weighted by Gasteiger charge is 2.30. The normalized spacial score (nSPS) is 17.2. The first-order valence-corrected chi connectivity index (χ1v) is 9.56. The van der Waals surface area contributed by atoms with Crippen molar-refractivity contribution in [2.75, 3.05) is 24.2 Å². The predicted octanol–water partition coefficient (Wildman–Crippen LogP) is 2.87. The first kappa shape index (κ1) is 18.2. The van der Waals surface area contributed by atoms with Crippen LogP contribution in [-0.2, 0) is 14.8 Å². The smallest absolute Gasteiger partial charge is 0.227 e. The van der Waals surface area contributed by atoms with Crippen molar-refractivity contribution in [2.24, 2.45) is 5.92 Å². The van der Waals surface area contributed by atoms with Crippen LogP contribution >= 0.6 is 11.6 Å². The zero-order valence-corrected chi connectivity index (χ0v) is 14.5. The topological polar surface area (TPSA) is 66.5 Å². The van der Waals surface area contributed by atoms with Gasteiger partial charge in [-0.2, -0.15) is 0 Å². The van der Waals surface area contributed by atoms with Crippen molar-refractivity contribution in [3.8, 4) is 0 Å². The number of rotatable bonds is 5. The molecule has 0 aromatic heterocycles. The molecule has 23 heavy (non-hydrogen) atoms. The second kappa shape index (κ2) is 7.59. The summed E-state index contributed by atoms with van der Waals surface area (Å²) < 4.78 is 38.6. The molecule has 1 aromatic carbocycles. The fraction of sp³-hybridized carbons (Fsp3) is 0.533. The molecular formula is C15H20ClFN2O3S. The molecule has 1 aliphatic heterocycles. The highest BCUT2D eigenvalue weighted by Crippen LogP contribution is 2.24. The summed E-state index contributed by atoms with van der Waals surface area (Å²) in [6.07, 6.45) is 1.53. The lowest BCUT2D eigenvalue weighted by Crippen LogP contribution is -2.42. The van der Waals surface area contributed by atoms with E-state index in [1.807, 2.05) is 6.92 Å². The maximum Gasteiger partial charge on any atom is 0.227 e. The van der Waals surface area contributed by atoms with Gasteiger partial charge in [0.2, 0.25) is 15.9 Å². The minimum absolute atomic E-state index is 0.0525. The maximum absolute atomic E-state index is 13.1. The number of piperidine rings is 1. The van der Waals surface area contributed by atoms with Gasteiger partial charge in [0, 0.05) is 24.7 Å². The van der Waals surface area contributed by atoms with E-state index in [0.29, 0.717) is 38.0 Å². The summed E-state index contributed by atoms with van der Waals surface area (Å²) in [6, 6.07) is 3.99. The van der Waals surface area contributed by atoms with Gasteiger partial charge in [0.15, 0.2) is 0 Å². The lowest BCUT2D eigenvalue weighted by atomic mass is 9.97. The van der Waals surface area contributed by atoms with Gasteiger partial charge in [-0.3, -0.25) is 4.79 Å². The molecule has 1 N–H and O–H groups in total. The van der Waals surface area contributed by atoms with E-state index >= 15 is 0 Å². The molecule has 0 bridgehead atoms. The van der Waals surface area contributed by atoms with Gasteiger partial charge in [-0.25, -0.2) is 17.1 Å². The summed E-state index contributed by atoms with van der Waals surface area (Å²) in [5.74, 6) is -0.857. The van der Waals surface area contributed by atoms with Crippen molar-refractivity contribution in [1.82, 2.24) is 4.31 Å². The third-order valence-corrected chi connectivity index (χ3v) is 6.23.